The van der Waals surface area contributed by atoms with E-state index in [0.29, 0.717) is 33.9 Å². The van der Waals surface area contributed by atoms with Crippen molar-refractivity contribution in [3.8, 4) is 11.5 Å². The zero-order valence-corrected chi connectivity index (χ0v) is 13.7. The zero-order chi connectivity index (χ0) is 18.0. The molecule has 0 amide bonds. The van der Waals surface area contributed by atoms with Gasteiger partial charge in [-0.25, -0.2) is 0 Å². The molecule has 128 valence electrons. The Bertz CT molecular complexity index is 889. The Balaban J connectivity index is 1.98. The van der Waals surface area contributed by atoms with Crippen LogP contribution >= 0.6 is 0 Å². The van der Waals surface area contributed by atoms with Crippen molar-refractivity contribution in [2.45, 2.75) is 0 Å². The number of rotatable bonds is 4. The van der Waals surface area contributed by atoms with E-state index in [9.17, 15) is 14.9 Å². The third-order valence-electron chi connectivity index (χ3n) is 3.93. The number of methoxy groups -OCH3 is 1. The number of ketones is 1. The number of nitrogens with one attached hydrogen (secondary N) is 1. The summed E-state index contributed by atoms with van der Waals surface area (Å²) >= 11 is 0. The number of fused-ring (bicyclic) bond motifs is 1. The Morgan fingerprint density at radius 1 is 1.28 bits per heavy atom. The standard InChI is InChI=1S/C18H16N2O5/c1-19-15-5-3-11(8-16(15)20(22)23)7-12-10-25-17-6-4-13(24-2)9-14(17)18(12)21/h3-9,19H,10H2,1-2H3/b12-7+. The molecule has 1 N–H and O–H groups in total. The lowest BCUT2D eigenvalue weighted by Gasteiger charge is -2.19. The molecular weight excluding hydrogens is 324 g/mol. The maximum Gasteiger partial charge on any atom is 0.292 e. The number of Topliss-reactive ketones (excluding diaryl/α,β-unsaturated/α-hetero) is 1. The van der Waals surface area contributed by atoms with Gasteiger partial charge in [-0.15, -0.1) is 0 Å². The van der Waals surface area contributed by atoms with Gasteiger partial charge in [0, 0.05) is 18.7 Å². The van der Waals surface area contributed by atoms with Gasteiger partial charge in [0.05, 0.1) is 17.6 Å². The summed E-state index contributed by atoms with van der Waals surface area (Å²) in [5.41, 5.74) is 1.76. The van der Waals surface area contributed by atoms with E-state index >= 15 is 0 Å². The first kappa shape index (κ1) is 16.5. The van der Waals surface area contributed by atoms with E-state index in [1.54, 1.807) is 43.5 Å². The maximum absolute atomic E-state index is 12.7. The molecule has 0 saturated carbocycles. The smallest absolute Gasteiger partial charge is 0.292 e. The van der Waals surface area contributed by atoms with Crippen molar-refractivity contribution in [3.63, 3.8) is 0 Å². The quantitative estimate of drug-likeness (QED) is 0.522. The number of hydrogen-bond acceptors (Lipinski definition) is 6. The van der Waals surface area contributed by atoms with Gasteiger partial charge in [0.25, 0.3) is 5.69 Å². The average molecular weight is 340 g/mol. The van der Waals surface area contributed by atoms with Crippen LogP contribution in [0.1, 0.15) is 15.9 Å². The van der Waals surface area contributed by atoms with Gasteiger partial charge in [-0.2, -0.15) is 0 Å². The molecule has 0 aromatic heterocycles. The lowest BCUT2D eigenvalue weighted by Crippen LogP contribution is -2.19. The van der Waals surface area contributed by atoms with Crippen LogP contribution in [0.5, 0.6) is 11.5 Å². The van der Waals surface area contributed by atoms with E-state index in [1.165, 1.54) is 13.2 Å². The monoisotopic (exact) mass is 340 g/mol. The number of hydrogen-bond donors (Lipinski definition) is 1. The molecule has 0 atom stereocenters. The van der Waals surface area contributed by atoms with Crippen LogP contribution in [0.2, 0.25) is 0 Å². The number of nitro groups is 1. The van der Waals surface area contributed by atoms with E-state index in [0.717, 1.165) is 0 Å². The van der Waals surface area contributed by atoms with Gasteiger partial charge in [0.15, 0.2) is 5.78 Å². The molecule has 25 heavy (non-hydrogen) atoms. The molecule has 2 aromatic rings. The molecule has 7 heteroatoms. The Hall–Kier alpha value is -3.35. The van der Waals surface area contributed by atoms with Crippen molar-refractivity contribution in [3.05, 3.63) is 63.2 Å². The zero-order valence-electron chi connectivity index (χ0n) is 13.7. The largest absolute Gasteiger partial charge is 0.497 e. The van der Waals surface area contributed by atoms with Crippen molar-refractivity contribution in [1.29, 1.82) is 0 Å². The molecule has 1 aliphatic heterocycles. The summed E-state index contributed by atoms with van der Waals surface area (Å²) in [6.45, 7) is 0.111. The predicted molar refractivity (Wildman–Crippen MR) is 93.4 cm³/mol. The molecule has 0 unspecified atom stereocenters. The summed E-state index contributed by atoms with van der Waals surface area (Å²) in [5, 5.41) is 13.9. The first-order chi connectivity index (χ1) is 12.0. The molecule has 0 bridgehead atoms. The van der Waals surface area contributed by atoms with Crippen LogP contribution < -0.4 is 14.8 Å². The van der Waals surface area contributed by atoms with Gasteiger partial charge >= 0.3 is 0 Å². The predicted octanol–water partition coefficient (Wildman–Crippen LogP) is 3.30. The first-order valence-corrected chi connectivity index (χ1v) is 7.56. The van der Waals surface area contributed by atoms with Crippen molar-refractivity contribution < 1.29 is 19.2 Å². The minimum absolute atomic E-state index is 0.0527. The number of ether oxygens (including phenoxy) is 2. The number of carbonyl (C=O) groups is 1. The molecule has 7 nitrogen and oxygen atoms in total. The van der Waals surface area contributed by atoms with Crippen LogP contribution in [-0.4, -0.2) is 31.5 Å². The number of anilines is 1. The molecule has 1 aliphatic rings. The van der Waals surface area contributed by atoms with Crippen molar-refractivity contribution in [2.24, 2.45) is 0 Å². The summed E-state index contributed by atoms with van der Waals surface area (Å²) in [4.78, 5) is 23.4. The van der Waals surface area contributed by atoms with Crippen LogP contribution in [0.15, 0.2) is 42.0 Å². The second kappa shape index (κ2) is 6.64. The average Bonchev–Trinajstić information content (AvgIpc) is 2.63. The van der Waals surface area contributed by atoms with Gasteiger partial charge in [-0.1, -0.05) is 6.07 Å². The fourth-order valence-corrected chi connectivity index (χ4v) is 2.64. The summed E-state index contributed by atoms with van der Waals surface area (Å²) in [7, 11) is 3.14. The van der Waals surface area contributed by atoms with Gasteiger partial charge < -0.3 is 14.8 Å². The lowest BCUT2D eigenvalue weighted by molar-refractivity contribution is -0.383. The fourth-order valence-electron chi connectivity index (χ4n) is 2.64. The van der Waals surface area contributed by atoms with Gasteiger partial charge in [-0.3, -0.25) is 14.9 Å². The lowest BCUT2D eigenvalue weighted by atomic mass is 9.98. The van der Waals surface area contributed by atoms with Crippen molar-refractivity contribution in [1.82, 2.24) is 0 Å². The van der Waals surface area contributed by atoms with Crippen molar-refractivity contribution in [2.75, 3.05) is 26.1 Å². The van der Waals surface area contributed by atoms with E-state index in [4.69, 9.17) is 9.47 Å². The van der Waals surface area contributed by atoms with Crippen LogP contribution in [0.25, 0.3) is 6.08 Å². The highest BCUT2D eigenvalue weighted by atomic mass is 16.6. The molecule has 1 heterocycles. The van der Waals surface area contributed by atoms with E-state index in [-0.39, 0.29) is 18.1 Å². The SMILES string of the molecule is CNc1ccc(/C=C2\COc3ccc(OC)cc3C2=O)cc1[N+](=O)[O-]. The van der Waals surface area contributed by atoms with Crippen molar-refractivity contribution >= 4 is 23.2 Å². The summed E-state index contributed by atoms with van der Waals surface area (Å²) in [6.07, 6.45) is 1.61. The molecule has 0 radical (unpaired) electrons. The molecule has 0 saturated heterocycles. The van der Waals surface area contributed by atoms with Crippen LogP contribution in [-0.2, 0) is 0 Å². The minimum Gasteiger partial charge on any atom is -0.497 e. The topological polar surface area (TPSA) is 90.7 Å². The van der Waals surface area contributed by atoms with E-state index in [2.05, 4.69) is 5.32 Å². The normalized spacial score (nSPS) is 14.6. The summed E-state index contributed by atoms with van der Waals surface area (Å²) < 4.78 is 10.8. The molecule has 3 rings (SSSR count). The van der Waals surface area contributed by atoms with Crippen LogP contribution in [0, 0.1) is 10.1 Å². The van der Waals surface area contributed by atoms with E-state index in [1.807, 2.05) is 0 Å². The third kappa shape index (κ3) is 3.16. The highest BCUT2D eigenvalue weighted by molar-refractivity contribution is 6.14. The molecule has 0 fully saturated rings. The second-order valence-electron chi connectivity index (χ2n) is 5.43. The maximum atomic E-state index is 12.7. The second-order valence-corrected chi connectivity index (χ2v) is 5.43. The number of nitro benzene ring substituents is 1. The Labute approximate surface area is 144 Å². The summed E-state index contributed by atoms with van der Waals surface area (Å²) in [5.74, 6) is 0.880. The van der Waals surface area contributed by atoms with E-state index < -0.39 is 4.92 Å². The van der Waals surface area contributed by atoms with Gasteiger partial charge in [-0.05, 0) is 35.9 Å². The number of carbonyl (C=O) groups excluding carboxylic acids is 1. The fraction of sp³-hybridized carbons (Fsp3) is 0.167. The van der Waals surface area contributed by atoms with Crippen LogP contribution in [0.3, 0.4) is 0 Å². The van der Waals surface area contributed by atoms with Crippen LogP contribution in [0.4, 0.5) is 11.4 Å². The highest BCUT2D eigenvalue weighted by Gasteiger charge is 2.24. The first-order valence-electron chi connectivity index (χ1n) is 7.56. The van der Waals surface area contributed by atoms with Gasteiger partial charge in [0.1, 0.15) is 23.8 Å². The Morgan fingerprint density at radius 3 is 2.76 bits per heavy atom. The highest BCUT2D eigenvalue weighted by Crippen LogP contribution is 2.32. The Kier molecular flexibility index (Phi) is 4.38. The molecule has 2 aromatic carbocycles. The third-order valence-corrected chi connectivity index (χ3v) is 3.93. The molecule has 0 spiro atoms. The number of nitrogens with zero attached hydrogens (tertiary/aromatic N) is 1. The molecule has 0 aliphatic carbocycles. The Morgan fingerprint density at radius 2 is 2.08 bits per heavy atom. The van der Waals surface area contributed by atoms with Gasteiger partial charge in [0.2, 0.25) is 0 Å². The minimum atomic E-state index is -0.465. The number of benzene rings is 2. The summed E-state index contributed by atoms with van der Waals surface area (Å²) in [6, 6.07) is 9.77. The molecular formula is C18H16N2O5.